The summed E-state index contributed by atoms with van der Waals surface area (Å²) in [6.45, 7) is 3.24. The van der Waals surface area contributed by atoms with Crippen LogP contribution in [0.25, 0.3) is 10.9 Å². The highest BCUT2D eigenvalue weighted by Gasteiger charge is 2.29. The van der Waals surface area contributed by atoms with E-state index in [0.717, 1.165) is 31.6 Å². The van der Waals surface area contributed by atoms with E-state index in [1.165, 1.54) is 27.7 Å². The number of aryl methyl sites for hydroxylation is 1. The number of hydrogen-bond acceptors (Lipinski definition) is 3. The third kappa shape index (κ3) is 3.71. The minimum Gasteiger partial charge on any atom is -0.350 e. The fourth-order valence-corrected chi connectivity index (χ4v) is 4.74. The van der Waals surface area contributed by atoms with Crippen LogP contribution in [0.15, 0.2) is 60.8 Å². The average molecular weight is 428 g/mol. The highest BCUT2D eigenvalue weighted by molar-refractivity contribution is 5.93. The molecular weight excluding hydrogens is 398 g/mol. The van der Waals surface area contributed by atoms with E-state index < -0.39 is 0 Å². The maximum Gasteiger partial charge on any atom is 0.274 e. The summed E-state index contributed by atoms with van der Waals surface area (Å²) in [4.78, 5) is 17.0. The zero-order valence-electron chi connectivity index (χ0n) is 19.0. The second-order valence-corrected chi connectivity index (χ2v) is 8.86. The summed E-state index contributed by atoms with van der Waals surface area (Å²) in [6, 6.07) is 18.9. The molecule has 6 nitrogen and oxygen atoms in total. The van der Waals surface area contributed by atoms with Gasteiger partial charge in [-0.2, -0.15) is 5.10 Å². The molecule has 0 fully saturated rings. The molecule has 5 rings (SSSR count). The molecule has 0 aliphatic carbocycles. The van der Waals surface area contributed by atoms with Crippen molar-refractivity contribution >= 4 is 16.8 Å². The van der Waals surface area contributed by atoms with Gasteiger partial charge < -0.3 is 9.47 Å². The van der Waals surface area contributed by atoms with Crippen LogP contribution in [0.1, 0.15) is 32.9 Å². The predicted octanol–water partition coefficient (Wildman–Crippen LogP) is 3.68. The van der Waals surface area contributed by atoms with E-state index in [1.54, 1.807) is 19.0 Å². The molecule has 0 saturated heterocycles. The number of rotatable bonds is 5. The Balaban J connectivity index is 1.46. The summed E-state index contributed by atoms with van der Waals surface area (Å²) in [7, 11) is 5.69. The van der Waals surface area contributed by atoms with Crippen molar-refractivity contribution in [3.05, 3.63) is 88.9 Å². The number of para-hydroxylation sites is 1. The zero-order chi connectivity index (χ0) is 22.2. The van der Waals surface area contributed by atoms with Crippen LogP contribution in [0.5, 0.6) is 0 Å². The first-order valence-electron chi connectivity index (χ1n) is 11.1. The Hall–Kier alpha value is -3.38. The third-order valence-electron chi connectivity index (χ3n) is 6.37. The van der Waals surface area contributed by atoms with E-state index in [1.807, 2.05) is 22.9 Å². The van der Waals surface area contributed by atoms with Crippen molar-refractivity contribution in [2.75, 3.05) is 20.6 Å². The molecule has 0 unspecified atom stereocenters. The lowest BCUT2D eigenvalue weighted by Gasteiger charge is -2.27. The molecular formula is C26H29N5O. The third-order valence-corrected chi connectivity index (χ3v) is 6.37. The summed E-state index contributed by atoms with van der Waals surface area (Å²) in [5, 5.41) is 6.09. The van der Waals surface area contributed by atoms with Gasteiger partial charge in [-0.1, -0.05) is 48.5 Å². The lowest BCUT2D eigenvalue weighted by molar-refractivity contribution is 0.0818. The number of hydrogen-bond donors (Lipinski definition) is 0. The SMILES string of the molecule is CN(C)C(=O)c1nn(Cc2ccccc2)c2c1CN(Cc1cn(C)c3ccccc13)CC2. The molecule has 2 aromatic heterocycles. The monoisotopic (exact) mass is 427 g/mol. The van der Waals surface area contributed by atoms with Gasteiger partial charge in [-0.15, -0.1) is 0 Å². The lowest BCUT2D eigenvalue weighted by atomic mass is 10.0. The molecule has 0 spiro atoms. The first kappa shape index (κ1) is 20.5. The summed E-state index contributed by atoms with van der Waals surface area (Å²) < 4.78 is 4.23. The van der Waals surface area contributed by atoms with Gasteiger partial charge in [0.1, 0.15) is 0 Å². The largest absolute Gasteiger partial charge is 0.350 e. The first-order chi connectivity index (χ1) is 15.5. The molecule has 3 heterocycles. The number of carbonyl (C=O) groups is 1. The van der Waals surface area contributed by atoms with E-state index in [2.05, 4.69) is 59.1 Å². The van der Waals surface area contributed by atoms with E-state index in [-0.39, 0.29) is 5.91 Å². The molecule has 1 aliphatic heterocycles. The van der Waals surface area contributed by atoms with Gasteiger partial charge in [-0.25, -0.2) is 0 Å². The first-order valence-corrected chi connectivity index (χ1v) is 11.1. The minimum atomic E-state index is -0.0277. The Morgan fingerprint density at radius 2 is 1.78 bits per heavy atom. The number of carbonyl (C=O) groups excluding carboxylic acids is 1. The minimum absolute atomic E-state index is 0.0277. The molecule has 2 aromatic carbocycles. The van der Waals surface area contributed by atoms with Crippen LogP contribution >= 0.6 is 0 Å². The Labute approximate surface area is 188 Å². The van der Waals surface area contributed by atoms with Crippen molar-refractivity contribution in [2.45, 2.75) is 26.1 Å². The van der Waals surface area contributed by atoms with Gasteiger partial charge in [0.15, 0.2) is 5.69 Å². The number of nitrogens with zero attached hydrogens (tertiary/aromatic N) is 5. The highest BCUT2D eigenvalue weighted by Crippen LogP contribution is 2.28. The van der Waals surface area contributed by atoms with Crippen molar-refractivity contribution in [2.24, 2.45) is 7.05 Å². The standard InChI is InChI=1S/C26H29N5O/c1-28(2)26(32)25-22-18-30(17-20-16-29(3)23-12-8-7-11-21(20)23)14-13-24(22)31(27-25)15-19-9-5-4-6-10-19/h4-12,16H,13-15,17-18H2,1-3H3. The van der Waals surface area contributed by atoms with Gasteiger partial charge in [-0.3, -0.25) is 14.4 Å². The average Bonchev–Trinajstić information content (AvgIpc) is 3.31. The predicted molar refractivity (Wildman–Crippen MR) is 127 cm³/mol. The molecule has 1 amide bonds. The molecule has 32 heavy (non-hydrogen) atoms. The Kier molecular flexibility index (Phi) is 5.31. The van der Waals surface area contributed by atoms with Crippen molar-refractivity contribution < 1.29 is 4.79 Å². The molecule has 4 aromatic rings. The van der Waals surface area contributed by atoms with Crippen LogP contribution < -0.4 is 0 Å². The van der Waals surface area contributed by atoms with Crippen LogP contribution in [0.3, 0.4) is 0 Å². The Morgan fingerprint density at radius 1 is 1.03 bits per heavy atom. The summed E-state index contributed by atoms with van der Waals surface area (Å²) in [6.07, 6.45) is 3.12. The fraction of sp³-hybridized carbons (Fsp3) is 0.308. The molecule has 6 heteroatoms. The van der Waals surface area contributed by atoms with E-state index in [0.29, 0.717) is 12.2 Å². The van der Waals surface area contributed by atoms with Crippen molar-refractivity contribution in [3.63, 3.8) is 0 Å². The molecule has 0 atom stereocenters. The summed E-state index contributed by atoms with van der Waals surface area (Å²) >= 11 is 0. The van der Waals surface area contributed by atoms with E-state index in [9.17, 15) is 4.79 Å². The Bertz CT molecular complexity index is 1270. The molecule has 0 radical (unpaired) electrons. The maximum absolute atomic E-state index is 13.0. The smallest absolute Gasteiger partial charge is 0.274 e. The topological polar surface area (TPSA) is 46.3 Å². The van der Waals surface area contributed by atoms with Gasteiger partial charge in [0.05, 0.1) is 6.54 Å². The zero-order valence-corrected chi connectivity index (χ0v) is 19.0. The number of fused-ring (bicyclic) bond motifs is 2. The van der Waals surface area contributed by atoms with Gasteiger partial charge in [0.2, 0.25) is 0 Å². The van der Waals surface area contributed by atoms with E-state index in [4.69, 9.17) is 5.10 Å². The normalized spacial score (nSPS) is 14.0. The van der Waals surface area contributed by atoms with Crippen LogP contribution in [0.2, 0.25) is 0 Å². The number of amides is 1. The fourth-order valence-electron chi connectivity index (χ4n) is 4.74. The van der Waals surface area contributed by atoms with E-state index >= 15 is 0 Å². The highest BCUT2D eigenvalue weighted by atomic mass is 16.2. The van der Waals surface area contributed by atoms with Crippen molar-refractivity contribution in [1.82, 2.24) is 24.1 Å². The lowest BCUT2D eigenvalue weighted by Crippen LogP contribution is -2.32. The van der Waals surface area contributed by atoms with Crippen LogP contribution in [0, 0.1) is 0 Å². The second kappa shape index (κ2) is 8.28. The molecule has 164 valence electrons. The second-order valence-electron chi connectivity index (χ2n) is 8.86. The van der Waals surface area contributed by atoms with Gasteiger partial charge in [-0.05, 0) is 17.2 Å². The maximum atomic E-state index is 13.0. The number of aromatic nitrogens is 3. The van der Waals surface area contributed by atoms with Gasteiger partial charge in [0, 0.05) is 75.6 Å². The number of benzene rings is 2. The van der Waals surface area contributed by atoms with Crippen molar-refractivity contribution in [3.8, 4) is 0 Å². The summed E-state index contributed by atoms with van der Waals surface area (Å²) in [5.41, 5.74) is 6.62. The summed E-state index contributed by atoms with van der Waals surface area (Å²) in [5.74, 6) is -0.0277. The van der Waals surface area contributed by atoms with Crippen LogP contribution in [-0.4, -0.2) is 50.7 Å². The van der Waals surface area contributed by atoms with Gasteiger partial charge >= 0.3 is 0 Å². The van der Waals surface area contributed by atoms with Gasteiger partial charge in [0.25, 0.3) is 5.91 Å². The molecule has 1 aliphatic rings. The van der Waals surface area contributed by atoms with Crippen LogP contribution in [0.4, 0.5) is 0 Å². The molecule has 0 N–H and O–H groups in total. The van der Waals surface area contributed by atoms with Crippen molar-refractivity contribution in [1.29, 1.82) is 0 Å². The van der Waals surface area contributed by atoms with Crippen LogP contribution in [-0.2, 0) is 33.1 Å². The Morgan fingerprint density at radius 3 is 2.56 bits per heavy atom. The quantitative estimate of drug-likeness (QED) is 0.488. The molecule has 0 saturated carbocycles. The molecule has 0 bridgehead atoms.